The van der Waals surface area contributed by atoms with E-state index in [2.05, 4.69) is 5.10 Å². The van der Waals surface area contributed by atoms with Crippen molar-refractivity contribution in [3.05, 3.63) is 41.2 Å². The summed E-state index contributed by atoms with van der Waals surface area (Å²) in [5, 5.41) is 4.46. The first-order chi connectivity index (χ1) is 10.4. The Morgan fingerprint density at radius 2 is 1.59 bits per heavy atom. The standard InChI is InChI=1S/C16H21N3O2S/c1-12-6-8-15(9-7-12)19-14(3)16(13(2)17-19)22(20,21)18-10-4-5-11-18/h6-9H,4-5,10-11H2,1-3H3. The highest BCUT2D eigenvalue weighted by molar-refractivity contribution is 7.89. The maximum Gasteiger partial charge on any atom is 0.246 e. The molecule has 3 rings (SSSR count). The first kappa shape index (κ1) is 15.2. The van der Waals surface area contributed by atoms with Crippen LogP contribution in [-0.2, 0) is 10.0 Å². The summed E-state index contributed by atoms with van der Waals surface area (Å²) in [6, 6.07) is 7.92. The van der Waals surface area contributed by atoms with Gasteiger partial charge in [-0.15, -0.1) is 0 Å². The van der Waals surface area contributed by atoms with Crippen LogP contribution in [0.2, 0.25) is 0 Å². The fourth-order valence-corrected chi connectivity index (χ4v) is 4.87. The molecule has 1 saturated heterocycles. The second-order valence-corrected chi connectivity index (χ2v) is 7.73. The van der Waals surface area contributed by atoms with Crippen molar-refractivity contribution in [1.82, 2.24) is 14.1 Å². The van der Waals surface area contributed by atoms with Gasteiger partial charge in [0.1, 0.15) is 4.90 Å². The van der Waals surface area contributed by atoms with Crippen LogP contribution in [-0.4, -0.2) is 35.6 Å². The molecule has 0 spiro atoms. The van der Waals surface area contributed by atoms with Crippen LogP contribution in [0.25, 0.3) is 5.69 Å². The summed E-state index contributed by atoms with van der Waals surface area (Å²) in [6.45, 7) is 6.82. The molecule has 0 atom stereocenters. The van der Waals surface area contributed by atoms with Crippen LogP contribution < -0.4 is 0 Å². The molecule has 1 aliphatic heterocycles. The zero-order valence-corrected chi connectivity index (χ0v) is 14.0. The molecule has 0 amide bonds. The van der Waals surface area contributed by atoms with Gasteiger partial charge in [0.25, 0.3) is 0 Å². The van der Waals surface area contributed by atoms with Gasteiger partial charge >= 0.3 is 0 Å². The van der Waals surface area contributed by atoms with Crippen molar-refractivity contribution in [3.8, 4) is 5.69 Å². The highest BCUT2D eigenvalue weighted by atomic mass is 32.2. The molecule has 2 aromatic rings. The topological polar surface area (TPSA) is 55.2 Å². The van der Waals surface area contributed by atoms with Gasteiger partial charge in [0, 0.05) is 13.1 Å². The molecule has 0 bridgehead atoms. The number of hydrogen-bond donors (Lipinski definition) is 0. The van der Waals surface area contributed by atoms with E-state index in [1.807, 2.05) is 38.1 Å². The molecule has 6 heteroatoms. The molecular formula is C16H21N3O2S. The summed E-state index contributed by atoms with van der Waals surface area (Å²) in [4.78, 5) is 0.356. The molecule has 0 N–H and O–H groups in total. The number of nitrogens with zero attached hydrogens (tertiary/aromatic N) is 3. The van der Waals surface area contributed by atoms with Crippen LogP contribution in [0.3, 0.4) is 0 Å². The van der Waals surface area contributed by atoms with Crippen molar-refractivity contribution in [1.29, 1.82) is 0 Å². The molecule has 1 aromatic carbocycles. The van der Waals surface area contributed by atoms with Gasteiger partial charge in [-0.05, 0) is 45.7 Å². The van der Waals surface area contributed by atoms with E-state index >= 15 is 0 Å². The van der Waals surface area contributed by atoms with Crippen molar-refractivity contribution in [2.75, 3.05) is 13.1 Å². The number of sulfonamides is 1. The highest BCUT2D eigenvalue weighted by Crippen LogP contribution is 2.27. The van der Waals surface area contributed by atoms with Gasteiger partial charge in [0.15, 0.2) is 0 Å². The maximum absolute atomic E-state index is 12.8. The molecule has 2 heterocycles. The summed E-state index contributed by atoms with van der Waals surface area (Å²) in [6.07, 6.45) is 1.87. The lowest BCUT2D eigenvalue weighted by molar-refractivity contribution is 0.476. The van der Waals surface area contributed by atoms with Gasteiger partial charge < -0.3 is 0 Å². The van der Waals surface area contributed by atoms with E-state index in [0.29, 0.717) is 29.4 Å². The van der Waals surface area contributed by atoms with E-state index < -0.39 is 10.0 Å². The lowest BCUT2D eigenvalue weighted by Gasteiger charge is -2.15. The molecular weight excluding hydrogens is 298 g/mol. The minimum Gasteiger partial charge on any atom is -0.236 e. The molecule has 0 unspecified atom stereocenters. The van der Waals surface area contributed by atoms with Crippen molar-refractivity contribution >= 4 is 10.0 Å². The summed E-state index contributed by atoms with van der Waals surface area (Å²) in [7, 11) is -3.45. The predicted octanol–water partition coefficient (Wildman–Crippen LogP) is 2.58. The van der Waals surface area contributed by atoms with Crippen molar-refractivity contribution in [2.24, 2.45) is 0 Å². The first-order valence-electron chi connectivity index (χ1n) is 7.54. The highest BCUT2D eigenvalue weighted by Gasteiger charge is 2.32. The summed E-state index contributed by atoms with van der Waals surface area (Å²) >= 11 is 0. The second kappa shape index (κ2) is 5.52. The quantitative estimate of drug-likeness (QED) is 0.874. The summed E-state index contributed by atoms with van der Waals surface area (Å²) in [5.74, 6) is 0. The molecule has 1 aliphatic rings. The Labute approximate surface area is 131 Å². The summed E-state index contributed by atoms with van der Waals surface area (Å²) in [5.41, 5.74) is 3.28. The molecule has 0 radical (unpaired) electrons. The Bertz CT molecular complexity index is 786. The Morgan fingerprint density at radius 3 is 2.18 bits per heavy atom. The molecule has 118 valence electrons. The lowest BCUT2D eigenvalue weighted by Crippen LogP contribution is -2.28. The average molecular weight is 319 g/mol. The number of aromatic nitrogens is 2. The molecule has 22 heavy (non-hydrogen) atoms. The van der Waals surface area contributed by atoms with Crippen LogP contribution in [0.15, 0.2) is 29.2 Å². The predicted molar refractivity (Wildman–Crippen MR) is 85.8 cm³/mol. The van der Waals surface area contributed by atoms with Crippen LogP contribution in [0.5, 0.6) is 0 Å². The Hall–Kier alpha value is -1.66. The molecule has 0 aliphatic carbocycles. The third kappa shape index (κ3) is 2.46. The van der Waals surface area contributed by atoms with E-state index in [4.69, 9.17) is 0 Å². The largest absolute Gasteiger partial charge is 0.246 e. The zero-order valence-electron chi connectivity index (χ0n) is 13.2. The van der Waals surface area contributed by atoms with E-state index in [0.717, 1.165) is 24.1 Å². The fourth-order valence-electron chi connectivity index (χ4n) is 3.00. The van der Waals surface area contributed by atoms with Crippen molar-refractivity contribution in [3.63, 3.8) is 0 Å². The average Bonchev–Trinajstić information content (AvgIpc) is 3.09. The minimum absolute atomic E-state index is 0.356. The fraction of sp³-hybridized carbons (Fsp3) is 0.438. The number of rotatable bonds is 3. The number of benzene rings is 1. The van der Waals surface area contributed by atoms with Crippen molar-refractivity contribution in [2.45, 2.75) is 38.5 Å². The van der Waals surface area contributed by atoms with E-state index in [9.17, 15) is 8.42 Å². The van der Waals surface area contributed by atoms with Gasteiger partial charge in [-0.25, -0.2) is 13.1 Å². The van der Waals surface area contributed by atoms with Crippen LogP contribution in [0.1, 0.15) is 29.8 Å². The van der Waals surface area contributed by atoms with E-state index in [1.165, 1.54) is 0 Å². The number of aryl methyl sites for hydroxylation is 2. The smallest absolute Gasteiger partial charge is 0.236 e. The first-order valence-corrected chi connectivity index (χ1v) is 8.98. The summed E-state index contributed by atoms with van der Waals surface area (Å²) < 4.78 is 29.0. The maximum atomic E-state index is 12.8. The van der Waals surface area contributed by atoms with Gasteiger partial charge in [0.2, 0.25) is 10.0 Å². The molecule has 5 nitrogen and oxygen atoms in total. The molecule has 0 saturated carbocycles. The number of hydrogen-bond acceptors (Lipinski definition) is 3. The molecule has 1 fully saturated rings. The Morgan fingerprint density at radius 1 is 1.00 bits per heavy atom. The van der Waals surface area contributed by atoms with Gasteiger partial charge in [-0.3, -0.25) is 0 Å². The second-order valence-electron chi connectivity index (χ2n) is 5.86. The van der Waals surface area contributed by atoms with Gasteiger partial charge in [0.05, 0.1) is 17.1 Å². The van der Waals surface area contributed by atoms with Gasteiger partial charge in [-0.1, -0.05) is 17.7 Å². The lowest BCUT2D eigenvalue weighted by atomic mass is 10.2. The SMILES string of the molecule is Cc1ccc(-n2nc(C)c(S(=O)(=O)N3CCCC3)c2C)cc1. The normalized spacial score (nSPS) is 16.3. The Kier molecular flexibility index (Phi) is 3.82. The third-order valence-corrected chi connectivity index (χ3v) is 6.32. The molecule has 1 aromatic heterocycles. The van der Waals surface area contributed by atoms with E-state index in [-0.39, 0.29) is 0 Å². The van der Waals surface area contributed by atoms with Crippen molar-refractivity contribution < 1.29 is 8.42 Å². The van der Waals surface area contributed by atoms with Crippen LogP contribution in [0, 0.1) is 20.8 Å². The Balaban J connectivity index is 2.09. The zero-order chi connectivity index (χ0) is 15.9. The van der Waals surface area contributed by atoms with Gasteiger partial charge in [-0.2, -0.15) is 9.40 Å². The van der Waals surface area contributed by atoms with Crippen LogP contribution >= 0.6 is 0 Å². The van der Waals surface area contributed by atoms with Crippen LogP contribution in [0.4, 0.5) is 0 Å². The van der Waals surface area contributed by atoms with E-state index in [1.54, 1.807) is 15.9 Å². The monoisotopic (exact) mass is 319 g/mol. The third-order valence-electron chi connectivity index (χ3n) is 4.17. The minimum atomic E-state index is -3.45.